The van der Waals surface area contributed by atoms with Gasteiger partial charge >= 0.3 is 0 Å². The average molecular weight is 396 g/mol. The average Bonchev–Trinajstić information content (AvgIpc) is 3.13. The number of nitrogens with zero attached hydrogens (tertiary/aromatic N) is 3. The number of rotatable bonds is 9. The third-order valence-electron chi connectivity index (χ3n) is 4.45. The Labute approximate surface area is 170 Å². The van der Waals surface area contributed by atoms with E-state index in [9.17, 15) is 4.79 Å². The van der Waals surface area contributed by atoms with E-state index in [4.69, 9.17) is 4.74 Å². The van der Waals surface area contributed by atoms with E-state index in [1.54, 1.807) is 0 Å². The molecule has 3 rings (SSSR count). The Morgan fingerprint density at radius 2 is 1.79 bits per heavy atom. The zero-order valence-electron chi connectivity index (χ0n) is 16.5. The summed E-state index contributed by atoms with van der Waals surface area (Å²) in [5.74, 6) is 2.47. The van der Waals surface area contributed by atoms with Gasteiger partial charge in [-0.15, -0.1) is 10.2 Å². The highest BCUT2D eigenvalue weighted by Gasteiger charge is 2.14. The van der Waals surface area contributed by atoms with Crippen molar-refractivity contribution >= 4 is 17.5 Å². The summed E-state index contributed by atoms with van der Waals surface area (Å²) in [5, 5.41) is 9.24. The minimum absolute atomic E-state index is 0.0827. The van der Waals surface area contributed by atoms with Crippen molar-refractivity contribution in [2.75, 3.05) is 5.75 Å². The van der Waals surface area contributed by atoms with Crippen molar-refractivity contribution in [3.05, 3.63) is 71.5 Å². The maximum absolute atomic E-state index is 12.3. The standard InChI is InChI=1S/C22H25N3O2S/c1-4-25-21(14-27-19-12-10-17(11-13-19)16(2)3)23-24-22(25)28-15-20(26)18-8-6-5-7-9-18/h5-13,16H,4,14-15H2,1-3H3. The Balaban J connectivity index is 1.60. The summed E-state index contributed by atoms with van der Waals surface area (Å²) < 4.78 is 7.87. The Kier molecular flexibility index (Phi) is 6.87. The molecule has 3 aromatic rings. The van der Waals surface area contributed by atoms with Crippen LogP contribution in [0.3, 0.4) is 0 Å². The van der Waals surface area contributed by atoms with Crippen molar-refractivity contribution in [3.63, 3.8) is 0 Å². The van der Waals surface area contributed by atoms with E-state index < -0.39 is 0 Å². The fourth-order valence-corrected chi connectivity index (χ4v) is 3.70. The van der Waals surface area contributed by atoms with Crippen molar-refractivity contribution in [2.24, 2.45) is 0 Å². The summed E-state index contributed by atoms with van der Waals surface area (Å²) in [6.45, 7) is 7.44. The molecule has 0 radical (unpaired) electrons. The van der Waals surface area contributed by atoms with Gasteiger partial charge in [0.05, 0.1) is 5.75 Å². The smallest absolute Gasteiger partial charge is 0.191 e. The van der Waals surface area contributed by atoms with Gasteiger partial charge in [0, 0.05) is 12.1 Å². The predicted octanol–water partition coefficient (Wildman–Crippen LogP) is 4.98. The van der Waals surface area contributed by atoms with Crippen molar-refractivity contribution in [3.8, 4) is 5.75 Å². The summed E-state index contributed by atoms with van der Waals surface area (Å²) in [4.78, 5) is 12.3. The molecule has 0 spiro atoms. The maximum Gasteiger partial charge on any atom is 0.191 e. The quantitative estimate of drug-likeness (QED) is 0.378. The lowest BCUT2D eigenvalue weighted by Crippen LogP contribution is -2.08. The predicted molar refractivity (Wildman–Crippen MR) is 112 cm³/mol. The highest BCUT2D eigenvalue weighted by molar-refractivity contribution is 7.99. The molecule has 1 heterocycles. The first-order valence-electron chi connectivity index (χ1n) is 9.44. The lowest BCUT2D eigenvalue weighted by atomic mass is 10.0. The molecule has 146 valence electrons. The lowest BCUT2D eigenvalue weighted by molar-refractivity contribution is 0.102. The Bertz CT molecular complexity index is 905. The first-order valence-corrected chi connectivity index (χ1v) is 10.4. The highest BCUT2D eigenvalue weighted by atomic mass is 32.2. The van der Waals surface area contributed by atoms with E-state index in [2.05, 4.69) is 36.2 Å². The van der Waals surface area contributed by atoms with Crippen molar-refractivity contribution in [1.82, 2.24) is 14.8 Å². The third-order valence-corrected chi connectivity index (χ3v) is 5.42. The molecule has 0 aliphatic carbocycles. The van der Waals surface area contributed by atoms with Gasteiger partial charge in [-0.3, -0.25) is 4.79 Å². The molecule has 0 amide bonds. The Hall–Kier alpha value is -2.60. The van der Waals surface area contributed by atoms with Gasteiger partial charge in [-0.1, -0.05) is 68.1 Å². The summed E-state index contributed by atoms with van der Waals surface area (Å²) in [5.41, 5.74) is 2.00. The largest absolute Gasteiger partial charge is 0.486 e. The van der Waals surface area contributed by atoms with E-state index in [1.165, 1.54) is 17.3 Å². The van der Waals surface area contributed by atoms with Crippen LogP contribution in [0.25, 0.3) is 0 Å². The number of ether oxygens (including phenoxy) is 1. The van der Waals surface area contributed by atoms with Crippen molar-refractivity contribution < 1.29 is 9.53 Å². The van der Waals surface area contributed by atoms with E-state index >= 15 is 0 Å². The number of hydrogen-bond donors (Lipinski definition) is 0. The first-order chi connectivity index (χ1) is 13.6. The number of carbonyl (C=O) groups excluding carboxylic acids is 1. The Morgan fingerprint density at radius 3 is 2.43 bits per heavy atom. The molecule has 0 atom stereocenters. The maximum atomic E-state index is 12.3. The molecule has 5 nitrogen and oxygen atoms in total. The fraction of sp³-hybridized carbons (Fsp3) is 0.318. The molecule has 2 aromatic carbocycles. The molecule has 0 aliphatic rings. The SMILES string of the molecule is CCn1c(COc2ccc(C(C)C)cc2)nnc1SCC(=O)c1ccccc1. The molecular weight excluding hydrogens is 370 g/mol. The van der Waals surface area contributed by atoms with Crippen LogP contribution >= 0.6 is 11.8 Å². The molecular formula is C22H25N3O2S. The molecule has 0 aliphatic heterocycles. The van der Waals surface area contributed by atoms with Gasteiger partial charge in [-0.25, -0.2) is 0 Å². The molecule has 6 heteroatoms. The van der Waals surface area contributed by atoms with Gasteiger partial charge in [-0.2, -0.15) is 0 Å². The van der Waals surface area contributed by atoms with Gasteiger partial charge in [0.15, 0.2) is 16.8 Å². The normalized spacial score (nSPS) is 11.0. The summed E-state index contributed by atoms with van der Waals surface area (Å²) >= 11 is 1.41. The second kappa shape index (κ2) is 9.55. The molecule has 0 saturated carbocycles. The van der Waals surface area contributed by atoms with Crippen LogP contribution in [0, 0.1) is 0 Å². The molecule has 28 heavy (non-hydrogen) atoms. The van der Waals surface area contributed by atoms with Crippen LogP contribution < -0.4 is 4.74 Å². The van der Waals surface area contributed by atoms with E-state index in [1.807, 2.05) is 54.0 Å². The third kappa shape index (κ3) is 5.01. The van der Waals surface area contributed by atoms with Crippen molar-refractivity contribution in [2.45, 2.75) is 45.0 Å². The minimum Gasteiger partial charge on any atom is -0.486 e. The highest BCUT2D eigenvalue weighted by Crippen LogP contribution is 2.21. The van der Waals surface area contributed by atoms with Crippen LogP contribution in [0.2, 0.25) is 0 Å². The van der Waals surface area contributed by atoms with Crippen LogP contribution in [0.4, 0.5) is 0 Å². The molecule has 0 saturated heterocycles. The van der Waals surface area contributed by atoms with Crippen molar-refractivity contribution in [1.29, 1.82) is 0 Å². The monoisotopic (exact) mass is 395 g/mol. The number of aromatic nitrogens is 3. The molecule has 0 unspecified atom stereocenters. The molecule has 0 N–H and O–H groups in total. The summed E-state index contributed by atoms with van der Waals surface area (Å²) in [6.07, 6.45) is 0. The minimum atomic E-state index is 0.0827. The van der Waals surface area contributed by atoms with E-state index in [0.29, 0.717) is 23.8 Å². The first kappa shape index (κ1) is 20.1. The van der Waals surface area contributed by atoms with E-state index in [0.717, 1.165) is 23.3 Å². The zero-order valence-corrected chi connectivity index (χ0v) is 17.3. The number of hydrogen-bond acceptors (Lipinski definition) is 5. The van der Waals surface area contributed by atoms with Gasteiger partial charge in [0.1, 0.15) is 12.4 Å². The van der Waals surface area contributed by atoms with E-state index in [-0.39, 0.29) is 5.78 Å². The fourth-order valence-electron chi connectivity index (χ4n) is 2.78. The van der Waals surface area contributed by atoms with Gasteiger partial charge in [0.25, 0.3) is 0 Å². The lowest BCUT2D eigenvalue weighted by Gasteiger charge is -2.10. The number of thioether (sulfide) groups is 1. The Morgan fingerprint density at radius 1 is 1.07 bits per heavy atom. The van der Waals surface area contributed by atoms with Crippen LogP contribution in [-0.2, 0) is 13.2 Å². The van der Waals surface area contributed by atoms with Crippen LogP contribution in [0.1, 0.15) is 48.4 Å². The van der Waals surface area contributed by atoms with Gasteiger partial charge in [0.2, 0.25) is 0 Å². The van der Waals surface area contributed by atoms with Gasteiger partial charge in [-0.05, 0) is 30.5 Å². The number of ketones is 1. The number of benzene rings is 2. The zero-order chi connectivity index (χ0) is 19.9. The van der Waals surface area contributed by atoms with Crippen LogP contribution in [-0.4, -0.2) is 26.3 Å². The molecule has 0 bridgehead atoms. The molecule has 1 aromatic heterocycles. The summed E-state index contributed by atoms with van der Waals surface area (Å²) in [6, 6.07) is 17.4. The molecule has 0 fully saturated rings. The van der Waals surface area contributed by atoms with Crippen LogP contribution in [0.5, 0.6) is 5.75 Å². The van der Waals surface area contributed by atoms with Gasteiger partial charge < -0.3 is 9.30 Å². The number of Topliss-reactive ketones (excluding diaryl/α,β-unsaturated/α-hetero) is 1. The summed E-state index contributed by atoms with van der Waals surface area (Å²) in [7, 11) is 0. The second-order valence-corrected chi connectivity index (χ2v) is 7.68. The number of carbonyl (C=O) groups is 1. The topological polar surface area (TPSA) is 57.0 Å². The second-order valence-electron chi connectivity index (χ2n) is 6.73. The van der Waals surface area contributed by atoms with Crippen LogP contribution in [0.15, 0.2) is 59.8 Å².